The minimum Gasteiger partial charge on any atom is -0.386 e. The standard InChI is InChI=1S/C48H54N16O4/c1-61(2)16-17-63-26-34(24-57-63)41(66)60-44(50)48(37-10-6-31(7-11-37)33-22-55-46(52)56-23-33)18-39(19-48)68-38-12-15-62(28-38)40(65)29-64-27-35(25-58-64)42(67)59-43(49)47(13-3-14-47)36-8-4-30(5-9-36)32-20-53-45(51)54-21-32/h4-11,20-27,38-39H,3,12-19,28-29H2,1-2H3,(H2,49,59,67)(H2,50,60,66)(H2,51,53,54)(H2,52,55,56). The van der Waals surface area contributed by atoms with Gasteiger partial charge in [-0.1, -0.05) is 55.0 Å². The molecule has 1 saturated heterocycles. The van der Waals surface area contributed by atoms with Crippen LogP contribution < -0.4 is 22.9 Å². The summed E-state index contributed by atoms with van der Waals surface area (Å²) in [5, 5.41) is 8.65. The number of carbonyl (C=O) groups excluding carboxylic acids is 3. The summed E-state index contributed by atoms with van der Waals surface area (Å²) in [7, 11) is 3.95. The predicted molar refractivity (Wildman–Crippen MR) is 255 cm³/mol. The second-order valence-electron chi connectivity index (χ2n) is 18.1. The first-order chi connectivity index (χ1) is 32.8. The number of nitrogens with zero attached hydrogens (tertiary/aromatic N) is 12. The van der Waals surface area contributed by atoms with Gasteiger partial charge in [-0.25, -0.2) is 19.9 Å². The van der Waals surface area contributed by atoms with Gasteiger partial charge in [0, 0.05) is 67.9 Å². The quantitative estimate of drug-likeness (QED) is 0.0850. The van der Waals surface area contributed by atoms with E-state index in [9.17, 15) is 14.4 Å². The van der Waals surface area contributed by atoms with Gasteiger partial charge in [-0.3, -0.25) is 23.7 Å². The highest BCUT2D eigenvalue weighted by molar-refractivity contribution is 6.07. The maximum Gasteiger partial charge on any atom is 0.281 e. The molecule has 20 heteroatoms. The normalized spacial score (nSPS) is 20.2. The summed E-state index contributed by atoms with van der Waals surface area (Å²) in [6.07, 6.45) is 16.5. The van der Waals surface area contributed by atoms with E-state index in [1.165, 1.54) is 23.3 Å². The van der Waals surface area contributed by atoms with E-state index in [0.29, 0.717) is 44.5 Å². The van der Waals surface area contributed by atoms with Crippen molar-refractivity contribution < 1.29 is 19.1 Å². The lowest BCUT2D eigenvalue weighted by molar-refractivity contribution is -0.132. The molecular formula is C48H54N16O4. The molecule has 1 aliphatic heterocycles. The zero-order valence-electron chi connectivity index (χ0n) is 38.0. The molecule has 2 aliphatic carbocycles. The van der Waals surface area contributed by atoms with Crippen molar-refractivity contribution in [1.29, 1.82) is 0 Å². The number of hydrogen-bond acceptors (Lipinski definition) is 13. The van der Waals surface area contributed by atoms with Gasteiger partial charge in [0.15, 0.2) is 0 Å². The van der Waals surface area contributed by atoms with Gasteiger partial charge >= 0.3 is 0 Å². The molecule has 4 aromatic heterocycles. The molecule has 0 bridgehead atoms. The Morgan fingerprint density at radius 2 is 1.19 bits per heavy atom. The molecule has 3 fully saturated rings. The maximum absolute atomic E-state index is 13.5. The maximum atomic E-state index is 13.5. The van der Waals surface area contributed by atoms with Crippen molar-refractivity contribution in [3.05, 3.63) is 120 Å². The smallest absolute Gasteiger partial charge is 0.281 e. The summed E-state index contributed by atoms with van der Waals surface area (Å²) in [5.41, 5.74) is 29.3. The first kappa shape index (κ1) is 45.4. The van der Waals surface area contributed by atoms with E-state index in [1.807, 2.05) is 67.5 Å². The van der Waals surface area contributed by atoms with Gasteiger partial charge in [0.05, 0.1) is 53.1 Å². The molecule has 3 amide bonds. The summed E-state index contributed by atoms with van der Waals surface area (Å²) < 4.78 is 9.74. The Balaban J connectivity index is 0.816. The van der Waals surface area contributed by atoms with Crippen LogP contribution in [0.4, 0.5) is 11.9 Å². The molecule has 3 aliphatic rings. The number of hydrogen-bond donors (Lipinski definition) is 4. The van der Waals surface area contributed by atoms with E-state index in [0.717, 1.165) is 59.2 Å². The van der Waals surface area contributed by atoms with Gasteiger partial charge in [-0.2, -0.15) is 20.2 Å². The fourth-order valence-electron chi connectivity index (χ4n) is 9.16. The van der Waals surface area contributed by atoms with Crippen LogP contribution in [0.15, 0.2) is 108 Å². The van der Waals surface area contributed by atoms with Crippen LogP contribution in [0.1, 0.15) is 70.4 Å². The van der Waals surface area contributed by atoms with E-state index in [1.54, 1.807) is 40.6 Å². The van der Waals surface area contributed by atoms with Crippen LogP contribution in [0.25, 0.3) is 22.3 Å². The van der Waals surface area contributed by atoms with Crippen LogP contribution in [0, 0.1) is 0 Å². The first-order valence-electron chi connectivity index (χ1n) is 22.5. The molecule has 2 saturated carbocycles. The zero-order chi connectivity index (χ0) is 47.6. The number of carbonyl (C=O) groups is 3. The highest BCUT2D eigenvalue weighted by Crippen LogP contribution is 2.47. The number of aromatic nitrogens is 8. The van der Waals surface area contributed by atoms with Gasteiger partial charge in [0.1, 0.15) is 18.2 Å². The number of amidine groups is 2. The Kier molecular flexibility index (Phi) is 12.6. The lowest BCUT2D eigenvalue weighted by Crippen LogP contribution is -2.55. The molecule has 0 radical (unpaired) electrons. The summed E-state index contributed by atoms with van der Waals surface area (Å²) in [5.74, 6) is -0.310. The lowest BCUT2D eigenvalue weighted by atomic mass is 9.61. The molecule has 9 rings (SSSR count). The summed E-state index contributed by atoms with van der Waals surface area (Å²) >= 11 is 0. The molecule has 8 N–H and O–H groups in total. The van der Waals surface area contributed by atoms with E-state index in [-0.39, 0.29) is 53.8 Å². The topological polar surface area (TPSA) is 283 Å². The molecule has 1 atom stereocenters. The number of nitrogens with two attached hydrogens (primary N) is 4. The minimum atomic E-state index is -0.769. The number of aliphatic imine (C=N–C) groups is 2. The van der Waals surface area contributed by atoms with Crippen molar-refractivity contribution in [3.8, 4) is 22.3 Å². The second-order valence-corrected chi connectivity index (χ2v) is 18.1. The van der Waals surface area contributed by atoms with Gasteiger partial charge in [-0.15, -0.1) is 0 Å². The van der Waals surface area contributed by atoms with Crippen molar-refractivity contribution in [2.75, 3.05) is 45.2 Å². The number of benzene rings is 2. The Bertz CT molecular complexity index is 2840. The third kappa shape index (κ3) is 9.45. The predicted octanol–water partition coefficient (Wildman–Crippen LogP) is 3.25. The van der Waals surface area contributed by atoms with Crippen LogP contribution in [0.5, 0.6) is 0 Å². The van der Waals surface area contributed by atoms with Crippen LogP contribution >= 0.6 is 0 Å². The van der Waals surface area contributed by atoms with Gasteiger partial charge in [0.25, 0.3) is 11.8 Å². The molecular weight excluding hydrogens is 865 g/mol. The Morgan fingerprint density at radius 3 is 1.71 bits per heavy atom. The summed E-state index contributed by atoms with van der Waals surface area (Å²) in [4.78, 5) is 69.3. The average molecular weight is 919 g/mol. The molecule has 68 heavy (non-hydrogen) atoms. The van der Waals surface area contributed by atoms with E-state index in [2.05, 4.69) is 40.1 Å². The number of ether oxygens (including phenoxy) is 1. The van der Waals surface area contributed by atoms with Crippen molar-refractivity contribution in [2.45, 2.75) is 74.7 Å². The molecule has 6 aromatic rings. The highest BCUT2D eigenvalue weighted by atomic mass is 16.5. The summed E-state index contributed by atoms with van der Waals surface area (Å²) in [6.45, 7) is 2.22. The molecule has 2 aromatic carbocycles. The minimum absolute atomic E-state index is 0.0604. The molecule has 1 unspecified atom stereocenters. The number of rotatable bonds is 15. The largest absolute Gasteiger partial charge is 0.386 e. The Morgan fingerprint density at radius 1 is 0.691 bits per heavy atom. The highest BCUT2D eigenvalue weighted by Gasteiger charge is 2.51. The van der Waals surface area contributed by atoms with Crippen molar-refractivity contribution in [3.63, 3.8) is 0 Å². The average Bonchev–Trinajstić information content (AvgIpc) is 4.10. The Labute approximate surface area is 392 Å². The Hall–Kier alpha value is -7.71. The second kappa shape index (κ2) is 18.9. The van der Waals surface area contributed by atoms with Crippen molar-refractivity contribution in [1.82, 2.24) is 49.3 Å². The number of likely N-dealkylation sites (N-methyl/N-ethyl adjacent to an activating group) is 1. The number of likely N-dealkylation sites (tertiary alicyclic amines) is 1. The molecule has 0 spiro atoms. The molecule has 5 heterocycles. The van der Waals surface area contributed by atoms with Crippen LogP contribution in [-0.4, -0.2) is 125 Å². The SMILES string of the molecule is CN(C)CCn1cc(C(=O)N=C(N)C2(c3ccc(-c4cnc(N)nc4)cc3)CC(OC3CCN(C(=O)Cn4cc(C(=O)N=C(N)C5(c6ccc(-c7cnc(N)nc7)cc6)CCC5)cn4)C3)C2)cn1. The van der Waals surface area contributed by atoms with Gasteiger partial charge in [-0.05, 0) is 68.5 Å². The van der Waals surface area contributed by atoms with Crippen LogP contribution in [-0.2, 0) is 33.5 Å². The fourth-order valence-corrected chi connectivity index (χ4v) is 9.16. The summed E-state index contributed by atoms with van der Waals surface area (Å²) in [6, 6.07) is 15.8. The van der Waals surface area contributed by atoms with E-state index in [4.69, 9.17) is 27.7 Å². The molecule has 350 valence electrons. The van der Waals surface area contributed by atoms with E-state index < -0.39 is 22.6 Å². The van der Waals surface area contributed by atoms with E-state index >= 15 is 0 Å². The number of nitrogen functional groups attached to an aromatic ring is 2. The fraction of sp³-hybridized carbons (Fsp3) is 0.354. The lowest BCUT2D eigenvalue weighted by Gasteiger charge is -2.48. The van der Waals surface area contributed by atoms with Crippen LogP contribution in [0.3, 0.4) is 0 Å². The third-order valence-corrected chi connectivity index (χ3v) is 13.4. The van der Waals surface area contributed by atoms with Crippen molar-refractivity contribution in [2.24, 2.45) is 21.5 Å². The zero-order valence-corrected chi connectivity index (χ0v) is 38.0. The molecule has 20 nitrogen and oxygen atoms in total. The third-order valence-electron chi connectivity index (χ3n) is 13.4. The monoisotopic (exact) mass is 918 g/mol. The van der Waals surface area contributed by atoms with Gasteiger partial charge in [0.2, 0.25) is 17.8 Å². The van der Waals surface area contributed by atoms with Crippen LogP contribution in [0.2, 0.25) is 0 Å². The van der Waals surface area contributed by atoms with Crippen molar-refractivity contribution >= 4 is 41.3 Å². The number of anilines is 2. The first-order valence-corrected chi connectivity index (χ1v) is 22.5. The number of amides is 3. The van der Waals surface area contributed by atoms with Gasteiger partial charge < -0.3 is 37.5 Å².